The molecule has 4 rings (SSSR count). The van der Waals surface area contributed by atoms with Crippen molar-refractivity contribution in [2.75, 3.05) is 44.7 Å². The number of pyridine rings is 1. The van der Waals surface area contributed by atoms with Gasteiger partial charge in [0.1, 0.15) is 11.4 Å². The summed E-state index contributed by atoms with van der Waals surface area (Å²) in [5, 5.41) is 6.70. The average molecular weight is 415 g/mol. The summed E-state index contributed by atoms with van der Waals surface area (Å²) in [6, 6.07) is 3.40. The van der Waals surface area contributed by atoms with E-state index in [9.17, 15) is 9.59 Å². The van der Waals surface area contributed by atoms with Crippen LogP contribution in [0.1, 0.15) is 17.0 Å². The zero-order valence-electron chi connectivity index (χ0n) is 17.1. The van der Waals surface area contributed by atoms with E-state index in [0.29, 0.717) is 43.4 Å². The maximum absolute atomic E-state index is 12.8. The van der Waals surface area contributed by atoms with Gasteiger partial charge in [0.05, 0.1) is 32.7 Å². The van der Waals surface area contributed by atoms with Crippen LogP contribution in [0.15, 0.2) is 29.0 Å². The molecule has 0 aromatic carbocycles. The third kappa shape index (κ3) is 4.29. The van der Waals surface area contributed by atoms with E-state index >= 15 is 0 Å². The Hall–Kier alpha value is -2.98. The van der Waals surface area contributed by atoms with Crippen molar-refractivity contribution in [3.05, 3.63) is 41.5 Å². The van der Waals surface area contributed by atoms with Crippen LogP contribution in [0.2, 0.25) is 0 Å². The molecule has 4 heterocycles. The maximum atomic E-state index is 12.8. The molecule has 1 unspecified atom stereocenters. The number of nitrogens with zero attached hydrogens (tertiary/aromatic N) is 4. The molecule has 0 aliphatic carbocycles. The Kier molecular flexibility index (Phi) is 5.69. The monoisotopic (exact) mass is 415 g/mol. The number of urea groups is 1. The van der Waals surface area contributed by atoms with Crippen LogP contribution in [0.3, 0.4) is 0 Å². The van der Waals surface area contributed by atoms with E-state index < -0.39 is 5.79 Å². The maximum Gasteiger partial charge on any atom is 0.322 e. The minimum Gasteiger partial charge on any atom is -0.359 e. The predicted molar refractivity (Wildman–Crippen MR) is 106 cm³/mol. The van der Waals surface area contributed by atoms with Gasteiger partial charge in [-0.3, -0.25) is 9.78 Å². The van der Waals surface area contributed by atoms with Crippen molar-refractivity contribution in [1.82, 2.24) is 19.9 Å². The fraction of sp³-hybridized carbons (Fsp3) is 0.500. The largest absolute Gasteiger partial charge is 0.359 e. The summed E-state index contributed by atoms with van der Waals surface area (Å²) in [6.45, 7) is 5.56. The molecule has 2 aromatic rings. The first-order valence-electron chi connectivity index (χ1n) is 9.89. The molecule has 1 atom stereocenters. The van der Waals surface area contributed by atoms with Gasteiger partial charge in [-0.15, -0.1) is 0 Å². The zero-order valence-corrected chi connectivity index (χ0v) is 17.1. The first-order valence-corrected chi connectivity index (χ1v) is 9.89. The van der Waals surface area contributed by atoms with Gasteiger partial charge in [-0.1, -0.05) is 11.2 Å². The van der Waals surface area contributed by atoms with Crippen molar-refractivity contribution in [2.45, 2.75) is 26.1 Å². The van der Waals surface area contributed by atoms with Crippen LogP contribution in [0.5, 0.6) is 0 Å². The van der Waals surface area contributed by atoms with E-state index in [2.05, 4.69) is 15.5 Å². The van der Waals surface area contributed by atoms with E-state index in [-0.39, 0.29) is 31.4 Å². The molecule has 2 aromatic heterocycles. The van der Waals surface area contributed by atoms with E-state index in [1.807, 2.05) is 12.1 Å². The van der Waals surface area contributed by atoms with Crippen LogP contribution in [0.4, 0.5) is 10.5 Å². The highest BCUT2D eigenvalue weighted by Gasteiger charge is 2.44. The van der Waals surface area contributed by atoms with Gasteiger partial charge in [-0.2, -0.15) is 0 Å². The highest BCUT2D eigenvalue weighted by molar-refractivity contribution is 5.90. The lowest BCUT2D eigenvalue weighted by Crippen LogP contribution is -2.64. The highest BCUT2D eigenvalue weighted by Crippen LogP contribution is 2.26. The smallest absolute Gasteiger partial charge is 0.322 e. The number of aromatic nitrogens is 2. The van der Waals surface area contributed by atoms with Gasteiger partial charge in [0.15, 0.2) is 5.76 Å². The molecule has 2 saturated heterocycles. The molecule has 3 amide bonds. The van der Waals surface area contributed by atoms with E-state index in [1.54, 1.807) is 36.0 Å². The van der Waals surface area contributed by atoms with E-state index in [1.165, 1.54) is 0 Å². The second-order valence-electron chi connectivity index (χ2n) is 7.51. The third-order valence-electron chi connectivity index (χ3n) is 5.30. The molecule has 30 heavy (non-hydrogen) atoms. The molecule has 10 heteroatoms. The number of rotatable bonds is 3. The van der Waals surface area contributed by atoms with Gasteiger partial charge in [-0.25, -0.2) is 4.79 Å². The van der Waals surface area contributed by atoms with Crippen molar-refractivity contribution in [3.63, 3.8) is 0 Å². The predicted octanol–water partition coefficient (Wildman–Crippen LogP) is 1.35. The fourth-order valence-corrected chi connectivity index (χ4v) is 3.72. The van der Waals surface area contributed by atoms with Crippen molar-refractivity contribution < 1.29 is 23.6 Å². The van der Waals surface area contributed by atoms with Crippen molar-refractivity contribution in [2.24, 2.45) is 0 Å². The first-order chi connectivity index (χ1) is 14.5. The summed E-state index contributed by atoms with van der Waals surface area (Å²) in [4.78, 5) is 33.0. The van der Waals surface area contributed by atoms with E-state index in [0.717, 1.165) is 5.56 Å². The number of ether oxygens (including phenoxy) is 2. The summed E-state index contributed by atoms with van der Waals surface area (Å²) in [5.74, 6) is -0.506. The summed E-state index contributed by atoms with van der Waals surface area (Å²) >= 11 is 0. The second-order valence-corrected chi connectivity index (χ2v) is 7.51. The van der Waals surface area contributed by atoms with E-state index in [4.69, 9.17) is 14.0 Å². The van der Waals surface area contributed by atoms with Crippen molar-refractivity contribution in [3.8, 4) is 0 Å². The number of amides is 3. The SMILES string of the molecule is Cc1noc(C)c1NC(=O)N1CCOC2(CN(C(=O)Cc3cccnc3)CCO2)C1. The number of aryl methyl sites for hydroxylation is 2. The molecule has 0 radical (unpaired) electrons. The van der Waals surface area contributed by atoms with Crippen molar-refractivity contribution >= 4 is 17.6 Å². The number of morpholine rings is 2. The Bertz CT molecular complexity index is 894. The standard InChI is InChI=1S/C20H25N5O5/c1-14-18(15(2)30-23-14)22-19(27)25-7-9-29-20(13-25)12-24(6-8-28-20)17(26)10-16-4-3-5-21-11-16/h3-5,11H,6-10,12-13H2,1-2H3,(H,22,27). The molecular weight excluding hydrogens is 390 g/mol. The number of hydrogen-bond acceptors (Lipinski definition) is 7. The van der Waals surface area contributed by atoms with Crippen LogP contribution in [0, 0.1) is 13.8 Å². The summed E-state index contributed by atoms with van der Waals surface area (Å²) in [5.41, 5.74) is 2.04. The quantitative estimate of drug-likeness (QED) is 0.806. The Balaban J connectivity index is 1.40. The van der Waals surface area contributed by atoms with Crippen LogP contribution >= 0.6 is 0 Å². The normalized spacial score (nSPS) is 21.7. The van der Waals surface area contributed by atoms with Crippen LogP contribution in [0.25, 0.3) is 0 Å². The molecule has 1 N–H and O–H groups in total. The topological polar surface area (TPSA) is 110 Å². The zero-order chi connectivity index (χ0) is 21.1. The molecule has 160 valence electrons. The second kappa shape index (κ2) is 8.41. The summed E-state index contributed by atoms with van der Waals surface area (Å²) in [6.07, 6.45) is 3.63. The van der Waals surface area contributed by atoms with Gasteiger partial charge in [0.2, 0.25) is 11.7 Å². The first kappa shape index (κ1) is 20.3. The van der Waals surface area contributed by atoms with Gasteiger partial charge in [0.25, 0.3) is 0 Å². The van der Waals surface area contributed by atoms with Crippen LogP contribution in [-0.2, 0) is 20.7 Å². The number of hydrogen-bond donors (Lipinski definition) is 1. The number of anilines is 1. The Labute approximate surface area is 174 Å². The number of nitrogens with one attached hydrogen (secondary N) is 1. The van der Waals surface area contributed by atoms with Crippen molar-refractivity contribution in [1.29, 1.82) is 0 Å². The molecule has 0 bridgehead atoms. The lowest BCUT2D eigenvalue weighted by Gasteiger charge is -2.47. The van der Waals surface area contributed by atoms with Crippen LogP contribution in [-0.4, -0.2) is 77.1 Å². The molecule has 1 spiro atoms. The van der Waals surface area contributed by atoms with Crippen LogP contribution < -0.4 is 5.32 Å². The lowest BCUT2D eigenvalue weighted by molar-refractivity contribution is -0.284. The molecule has 10 nitrogen and oxygen atoms in total. The van der Waals surface area contributed by atoms with Gasteiger partial charge in [0, 0.05) is 25.5 Å². The summed E-state index contributed by atoms with van der Waals surface area (Å²) in [7, 11) is 0. The number of carbonyl (C=O) groups is 2. The Morgan fingerprint density at radius 3 is 2.57 bits per heavy atom. The molecular formula is C20H25N5O5. The molecule has 2 fully saturated rings. The average Bonchev–Trinajstić information content (AvgIpc) is 3.06. The van der Waals surface area contributed by atoms with Gasteiger partial charge >= 0.3 is 6.03 Å². The Morgan fingerprint density at radius 1 is 1.17 bits per heavy atom. The number of carbonyl (C=O) groups excluding carboxylic acids is 2. The minimum absolute atomic E-state index is 0.0217. The molecule has 0 saturated carbocycles. The minimum atomic E-state index is -1.03. The van der Waals surface area contributed by atoms with Gasteiger partial charge in [-0.05, 0) is 25.5 Å². The molecule has 2 aliphatic rings. The fourth-order valence-electron chi connectivity index (χ4n) is 3.72. The summed E-state index contributed by atoms with van der Waals surface area (Å²) < 4.78 is 16.9. The molecule has 2 aliphatic heterocycles. The lowest BCUT2D eigenvalue weighted by atomic mass is 10.1. The highest BCUT2D eigenvalue weighted by atomic mass is 16.7. The Morgan fingerprint density at radius 2 is 1.90 bits per heavy atom. The third-order valence-corrected chi connectivity index (χ3v) is 5.30. The van der Waals surface area contributed by atoms with Gasteiger partial charge < -0.3 is 29.1 Å².